The predicted octanol–water partition coefficient (Wildman–Crippen LogP) is 1.33. The molecule has 1 aromatic carbocycles. The SMILES string of the molecule is CC(C)(C)NC[C@H](O)COc1cccc2c1CCN(C=O)C2. The molecule has 22 heavy (non-hydrogen) atoms. The number of carbonyl (C=O) groups is 1. The summed E-state index contributed by atoms with van der Waals surface area (Å²) in [6.07, 6.45) is 1.13. The Bertz CT molecular complexity index is 511. The number of aliphatic hydroxyl groups excluding tert-OH is 1. The van der Waals surface area contributed by atoms with Crippen LogP contribution in [0.1, 0.15) is 31.9 Å². The molecule has 0 saturated carbocycles. The molecule has 1 atom stereocenters. The van der Waals surface area contributed by atoms with Crippen LogP contribution in [0, 0.1) is 0 Å². The van der Waals surface area contributed by atoms with E-state index in [4.69, 9.17) is 4.74 Å². The van der Waals surface area contributed by atoms with Crippen molar-refractivity contribution in [3.8, 4) is 5.75 Å². The van der Waals surface area contributed by atoms with Crippen molar-refractivity contribution in [1.29, 1.82) is 0 Å². The minimum Gasteiger partial charge on any atom is -0.491 e. The zero-order valence-corrected chi connectivity index (χ0v) is 13.6. The number of benzene rings is 1. The highest BCUT2D eigenvalue weighted by molar-refractivity contribution is 5.51. The average Bonchev–Trinajstić information content (AvgIpc) is 2.49. The van der Waals surface area contributed by atoms with Crippen LogP contribution in [0.5, 0.6) is 5.75 Å². The van der Waals surface area contributed by atoms with Crippen molar-refractivity contribution in [3.05, 3.63) is 29.3 Å². The highest BCUT2D eigenvalue weighted by Crippen LogP contribution is 2.27. The van der Waals surface area contributed by atoms with Gasteiger partial charge in [0.2, 0.25) is 6.41 Å². The standard InChI is InChI=1S/C17H26N2O3/c1-17(2,3)18-9-14(21)11-22-16-6-4-5-13-10-19(12-20)8-7-15(13)16/h4-6,12,14,18,21H,7-11H2,1-3H3/t14-/m0/s1. The first-order chi connectivity index (χ1) is 10.4. The molecule has 1 aliphatic rings. The first-order valence-corrected chi connectivity index (χ1v) is 7.75. The zero-order valence-electron chi connectivity index (χ0n) is 13.6. The van der Waals surface area contributed by atoms with Crippen LogP contribution in [0.25, 0.3) is 0 Å². The fraction of sp³-hybridized carbons (Fsp3) is 0.588. The second kappa shape index (κ2) is 7.11. The maximum atomic E-state index is 10.9. The van der Waals surface area contributed by atoms with E-state index in [0.717, 1.165) is 29.7 Å². The van der Waals surface area contributed by atoms with Gasteiger partial charge in [-0.15, -0.1) is 0 Å². The van der Waals surface area contributed by atoms with Gasteiger partial charge in [0.15, 0.2) is 0 Å². The van der Waals surface area contributed by atoms with E-state index in [-0.39, 0.29) is 12.1 Å². The van der Waals surface area contributed by atoms with E-state index in [1.54, 1.807) is 4.90 Å². The third-order valence-corrected chi connectivity index (χ3v) is 3.70. The Morgan fingerprint density at radius 1 is 1.45 bits per heavy atom. The lowest BCUT2D eigenvalue weighted by Crippen LogP contribution is -2.42. The number of rotatable bonds is 6. The highest BCUT2D eigenvalue weighted by atomic mass is 16.5. The fourth-order valence-electron chi connectivity index (χ4n) is 2.49. The summed E-state index contributed by atoms with van der Waals surface area (Å²) in [5.41, 5.74) is 2.25. The molecule has 0 radical (unpaired) electrons. The molecule has 1 aliphatic heterocycles. The maximum absolute atomic E-state index is 10.9. The topological polar surface area (TPSA) is 61.8 Å². The Labute approximate surface area is 132 Å². The molecule has 5 nitrogen and oxygen atoms in total. The summed E-state index contributed by atoms with van der Waals surface area (Å²) in [7, 11) is 0. The third-order valence-electron chi connectivity index (χ3n) is 3.70. The lowest BCUT2D eigenvalue weighted by Gasteiger charge is -2.27. The number of aliphatic hydroxyl groups is 1. The number of fused-ring (bicyclic) bond motifs is 1. The van der Waals surface area contributed by atoms with Crippen molar-refractivity contribution in [3.63, 3.8) is 0 Å². The van der Waals surface area contributed by atoms with Gasteiger partial charge in [-0.05, 0) is 38.8 Å². The molecule has 2 rings (SSSR count). The van der Waals surface area contributed by atoms with Gasteiger partial charge >= 0.3 is 0 Å². The first-order valence-electron chi connectivity index (χ1n) is 7.75. The number of nitrogens with one attached hydrogen (secondary N) is 1. The molecule has 1 amide bonds. The Morgan fingerprint density at radius 3 is 2.91 bits per heavy atom. The highest BCUT2D eigenvalue weighted by Gasteiger charge is 2.19. The molecule has 0 saturated heterocycles. The second-order valence-corrected chi connectivity index (χ2v) is 6.82. The van der Waals surface area contributed by atoms with Gasteiger partial charge in [-0.2, -0.15) is 0 Å². The molecule has 5 heteroatoms. The third kappa shape index (κ3) is 4.71. The number of β-amino-alcohol motifs (C(OH)–C–C–N with tert-alkyl or cyclic N) is 1. The molecule has 0 spiro atoms. The summed E-state index contributed by atoms with van der Waals surface area (Å²) in [5, 5.41) is 13.3. The minimum absolute atomic E-state index is 0.0226. The largest absolute Gasteiger partial charge is 0.491 e. The number of hydrogen-bond donors (Lipinski definition) is 2. The molecule has 0 aromatic heterocycles. The van der Waals surface area contributed by atoms with Crippen molar-refractivity contribution in [2.24, 2.45) is 0 Å². The van der Waals surface area contributed by atoms with E-state index < -0.39 is 6.10 Å². The van der Waals surface area contributed by atoms with Crippen LogP contribution in [0.3, 0.4) is 0 Å². The normalized spacial score (nSPS) is 16.1. The van der Waals surface area contributed by atoms with E-state index in [2.05, 4.69) is 26.1 Å². The Morgan fingerprint density at radius 2 is 2.23 bits per heavy atom. The van der Waals surface area contributed by atoms with Crippen LogP contribution in [0.15, 0.2) is 18.2 Å². The summed E-state index contributed by atoms with van der Waals surface area (Å²) in [4.78, 5) is 12.6. The van der Waals surface area contributed by atoms with Gasteiger partial charge in [0.05, 0.1) is 0 Å². The Kier molecular flexibility index (Phi) is 5.42. The number of ether oxygens (including phenoxy) is 1. The molecule has 0 unspecified atom stereocenters. The molecular formula is C17H26N2O3. The molecule has 2 N–H and O–H groups in total. The summed E-state index contributed by atoms with van der Waals surface area (Å²) in [6, 6.07) is 5.89. The van der Waals surface area contributed by atoms with E-state index in [0.29, 0.717) is 19.6 Å². The van der Waals surface area contributed by atoms with Crippen LogP contribution >= 0.6 is 0 Å². The average molecular weight is 306 g/mol. The summed E-state index contributed by atoms with van der Waals surface area (Å²) in [5.74, 6) is 0.817. The van der Waals surface area contributed by atoms with Crippen LogP contribution in [0.2, 0.25) is 0 Å². The van der Waals surface area contributed by atoms with Crippen molar-refractivity contribution < 1.29 is 14.6 Å². The summed E-state index contributed by atoms with van der Waals surface area (Å²) in [6.45, 7) is 8.29. The van der Waals surface area contributed by atoms with E-state index >= 15 is 0 Å². The van der Waals surface area contributed by atoms with Crippen molar-refractivity contribution in [2.75, 3.05) is 19.7 Å². The molecule has 122 valence electrons. The first kappa shape index (κ1) is 16.8. The van der Waals surface area contributed by atoms with E-state index in [1.807, 2.05) is 18.2 Å². The van der Waals surface area contributed by atoms with Crippen LogP contribution in [0.4, 0.5) is 0 Å². The monoisotopic (exact) mass is 306 g/mol. The maximum Gasteiger partial charge on any atom is 0.210 e. The van der Waals surface area contributed by atoms with E-state index in [9.17, 15) is 9.90 Å². The lowest BCUT2D eigenvalue weighted by molar-refractivity contribution is -0.118. The van der Waals surface area contributed by atoms with Gasteiger partial charge in [-0.1, -0.05) is 12.1 Å². The second-order valence-electron chi connectivity index (χ2n) is 6.82. The molecule has 1 heterocycles. The number of amides is 1. The Hall–Kier alpha value is -1.59. The van der Waals surface area contributed by atoms with Gasteiger partial charge in [0.25, 0.3) is 0 Å². The van der Waals surface area contributed by atoms with Gasteiger partial charge < -0.3 is 20.1 Å². The fourth-order valence-corrected chi connectivity index (χ4v) is 2.49. The Balaban J connectivity index is 1.92. The summed E-state index contributed by atoms with van der Waals surface area (Å²) < 4.78 is 5.80. The number of nitrogens with zero attached hydrogens (tertiary/aromatic N) is 1. The minimum atomic E-state index is -0.551. The van der Waals surface area contributed by atoms with Crippen LogP contribution in [-0.2, 0) is 17.8 Å². The predicted molar refractivity (Wildman–Crippen MR) is 85.9 cm³/mol. The van der Waals surface area contributed by atoms with E-state index in [1.165, 1.54) is 0 Å². The van der Waals surface area contributed by atoms with Crippen molar-refractivity contribution in [2.45, 2.75) is 45.4 Å². The van der Waals surface area contributed by atoms with Gasteiger partial charge in [0.1, 0.15) is 18.5 Å². The quantitative estimate of drug-likeness (QED) is 0.778. The van der Waals surface area contributed by atoms with Crippen LogP contribution in [-0.4, -0.2) is 47.8 Å². The van der Waals surface area contributed by atoms with Gasteiger partial charge in [0, 0.05) is 30.7 Å². The molecule has 0 fully saturated rings. The molecule has 1 aromatic rings. The smallest absolute Gasteiger partial charge is 0.210 e. The lowest BCUT2D eigenvalue weighted by atomic mass is 9.99. The molecular weight excluding hydrogens is 280 g/mol. The number of carbonyl (C=O) groups excluding carboxylic acids is 1. The van der Waals surface area contributed by atoms with Crippen molar-refractivity contribution in [1.82, 2.24) is 10.2 Å². The van der Waals surface area contributed by atoms with Gasteiger partial charge in [-0.25, -0.2) is 0 Å². The van der Waals surface area contributed by atoms with Crippen LogP contribution < -0.4 is 10.1 Å². The van der Waals surface area contributed by atoms with Crippen molar-refractivity contribution >= 4 is 6.41 Å². The number of hydrogen-bond acceptors (Lipinski definition) is 4. The zero-order chi connectivity index (χ0) is 16.2. The summed E-state index contributed by atoms with van der Waals surface area (Å²) >= 11 is 0. The van der Waals surface area contributed by atoms with Gasteiger partial charge in [-0.3, -0.25) is 4.79 Å². The molecule has 0 bridgehead atoms. The molecule has 0 aliphatic carbocycles.